The first-order chi connectivity index (χ1) is 14.9. The maximum absolute atomic E-state index is 13.6. The summed E-state index contributed by atoms with van der Waals surface area (Å²) in [6, 6.07) is 8.63. The molecule has 4 heterocycles. The van der Waals surface area contributed by atoms with Crippen molar-refractivity contribution in [2.75, 3.05) is 18.5 Å². The van der Waals surface area contributed by atoms with E-state index in [0.29, 0.717) is 34.9 Å². The molecule has 11 heteroatoms. The maximum Gasteiger partial charge on any atom is 0.433 e. The predicted molar refractivity (Wildman–Crippen MR) is 101 cm³/mol. The van der Waals surface area contributed by atoms with Gasteiger partial charge in [0.1, 0.15) is 24.5 Å². The van der Waals surface area contributed by atoms with E-state index in [-0.39, 0.29) is 22.7 Å². The molecule has 1 aliphatic rings. The molecule has 0 saturated heterocycles. The molecule has 1 N–H and O–H groups in total. The van der Waals surface area contributed by atoms with Crippen LogP contribution < -0.4 is 14.8 Å². The van der Waals surface area contributed by atoms with Crippen LogP contribution in [0.2, 0.25) is 0 Å². The molecule has 0 saturated carbocycles. The van der Waals surface area contributed by atoms with E-state index >= 15 is 0 Å². The lowest BCUT2D eigenvalue weighted by Gasteiger charge is -2.18. The molecule has 0 radical (unpaired) electrons. The van der Waals surface area contributed by atoms with Crippen LogP contribution in [-0.2, 0) is 6.18 Å². The van der Waals surface area contributed by atoms with E-state index in [2.05, 4.69) is 15.4 Å². The minimum atomic E-state index is -4.72. The number of alkyl halides is 3. The van der Waals surface area contributed by atoms with E-state index in [1.165, 1.54) is 18.4 Å². The molecule has 1 amide bonds. The smallest absolute Gasteiger partial charge is 0.433 e. The Labute approximate surface area is 172 Å². The maximum atomic E-state index is 13.6. The van der Waals surface area contributed by atoms with Crippen molar-refractivity contribution in [1.82, 2.24) is 14.6 Å². The summed E-state index contributed by atoms with van der Waals surface area (Å²) in [5.41, 5.74) is -1.15. The first-order valence-corrected chi connectivity index (χ1v) is 9.11. The topological polar surface area (TPSA) is 90.9 Å². The summed E-state index contributed by atoms with van der Waals surface area (Å²) in [5, 5.41) is 6.36. The molecule has 0 aliphatic carbocycles. The number of rotatable bonds is 3. The highest BCUT2D eigenvalue weighted by atomic mass is 19.4. The fraction of sp³-hybridized carbons (Fsp3) is 0.150. The first-order valence-electron chi connectivity index (χ1n) is 9.11. The third-order valence-electron chi connectivity index (χ3n) is 4.58. The van der Waals surface area contributed by atoms with Crippen molar-refractivity contribution in [3.63, 3.8) is 0 Å². The number of nitrogens with one attached hydrogen (secondary N) is 1. The van der Waals surface area contributed by atoms with Gasteiger partial charge < -0.3 is 19.2 Å². The summed E-state index contributed by atoms with van der Waals surface area (Å²) in [7, 11) is 0. The van der Waals surface area contributed by atoms with Gasteiger partial charge in [-0.25, -0.2) is 9.50 Å². The van der Waals surface area contributed by atoms with Gasteiger partial charge >= 0.3 is 6.18 Å². The van der Waals surface area contributed by atoms with E-state index in [1.54, 1.807) is 18.2 Å². The number of halogens is 3. The molecule has 0 spiro atoms. The standard InChI is InChI=1S/C20H13F3N4O4/c21-20(22,23)17-9-13(14-2-1-5-29-14)26-18-12(10-24-27(17)18)19(28)25-11-3-4-15-16(8-11)31-7-6-30-15/h1-5,8-10H,6-7H2,(H,25,28). The van der Waals surface area contributed by atoms with Gasteiger partial charge in [0, 0.05) is 11.8 Å². The van der Waals surface area contributed by atoms with Crippen LogP contribution in [0.5, 0.6) is 11.5 Å². The van der Waals surface area contributed by atoms with E-state index in [4.69, 9.17) is 13.9 Å². The van der Waals surface area contributed by atoms with Crippen LogP contribution >= 0.6 is 0 Å². The SMILES string of the molecule is O=C(Nc1ccc2c(c1)OCCO2)c1cnn2c(C(F)(F)F)cc(-c3ccco3)nc12. The van der Waals surface area contributed by atoms with Crippen LogP contribution in [0.1, 0.15) is 16.1 Å². The Balaban J connectivity index is 1.55. The molecule has 0 bridgehead atoms. The Kier molecular flexibility index (Phi) is 4.31. The number of carbonyl (C=O) groups excluding carboxylic acids is 1. The Bertz CT molecular complexity index is 1280. The van der Waals surface area contributed by atoms with Gasteiger partial charge in [0.2, 0.25) is 0 Å². The van der Waals surface area contributed by atoms with Crippen LogP contribution in [0.3, 0.4) is 0 Å². The number of carbonyl (C=O) groups is 1. The minimum absolute atomic E-state index is 0.0706. The summed E-state index contributed by atoms with van der Waals surface area (Å²) < 4.78 is 57.5. The summed E-state index contributed by atoms with van der Waals surface area (Å²) in [5.74, 6) is 0.456. The van der Waals surface area contributed by atoms with Crippen molar-refractivity contribution >= 4 is 17.2 Å². The molecule has 0 atom stereocenters. The summed E-state index contributed by atoms with van der Waals surface area (Å²) in [4.78, 5) is 17.0. The fourth-order valence-corrected chi connectivity index (χ4v) is 3.20. The molecule has 1 aliphatic heterocycles. The lowest BCUT2D eigenvalue weighted by molar-refractivity contribution is -0.142. The van der Waals surface area contributed by atoms with Crippen LogP contribution in [-0.4, -0.2) is 33.7 Å². The van der Waals surface area contributed by atoms with Crippen molar-refractivity contribution in [3.8, 4) is 23.0 Å². The zero-order chi connectivity index (χ0) is 21.6. The summed E-state index contributed by atoms with van der Waals surface area (Å²) in [6.45, 7) is 0.796. The molecule has 4 aromatic rings. The predicted octanol–water partition coefficient (Wildman–Crippen LogP) is 4.03. The van der Waals surface area contributed by atoms with Crippen molar-refractivity contribution in [3.05, 3.63) is 60.1 Å². The van der Waals surface area contributed by atoms with Crippen molar-refractivity contribution in [2.24, 2.45) is 0 Å². The normalized spacial score (nSPS) is 13.4. The molecule has 158 valence electrons. The minimum Gasteiger partial charge on any atom is -0.486 e. The molecular weight excluding hydrogens is 417 g/mol. The third kappa shape index (κ3) is 3.43. The first kappa shape index (κ1) is 19.0. The Morgan fingerprint density at radius 2 is 1.90 bits per heavy atom. The summed E-state index contributed by atoms with van der Waals surface area (Å²) in [6.07, 6.45) is -2.37. The molecule has 5 rings (SSSR count). The van der Waals surface area contributed by atoms with Gasteiger partial charge in [-0.05, 0) is 30.3 Å². The van der Waals surface area contributed by atoms with Crippen LogP contribution in [0.25, 0.3) is 17.1 Å². The van der Waals surface area contributed by atoms with E-state index in [0.717, 1.165) is 12.3 Å². The zero-order valence-electron chi connectivity index (χ0n) is 15.6. The van der Waals surface area contributed by atoms with Gasteiger partial charge in [-0.1, -0.05) is 0 Å². The van der Waals surface area contributed by atoms with E-state index in [1.807, 2.05) is 0 Å². The van der Waals surface area contributed by atoms with Gasteiger partial charge in [0.25, 0.3) is 5.91 Å². The molecule has 0 unspecified atom stereocenters. The Morgan fingerprint density at radius 1 is 1.10 bits per heavy atom. The largest absolute Gasteiger partial charge is 0.486 e. The summed E-state index contributed by atoms with van der Waals surface area (Å²) >= 11 is 0. The highest BCUT2D eigenvalue weighted by Crippen LogP contribution is 2.34. The average Bonchev–Trinajstić information content (AvgIpc) is 3.42. The van der Waals surface area contributed by atoms with Crippen LogP contribution in [0.15, 0.2) is 53.3 Å². The highest BCUT2D eigenvalue weighted by Gasteiger charge is 2.36. The fourth-order valence-electron chi connectivity index (χ4n) is 3.20. The molecule has 1 aromatic carbocycles. The number of hydrogen-bond donors (Lipinski definition) is 1. The van der Waals surface area contributed by atoms with E-state index in [9.17, 15) is 18.0 Å². The number of furan rings is 1. The third-order valence-corrected chi connectivity index (χ3v) is 4.58. The van der Waals surface area contributed by atoms with Crippen molar-refractivity contribution in [1.29, 1.82) is 0 Å². The number of fused-ring (bicyclic) bond motifs is 2. The second kappa shape index (κ2) is 7.04. The lowest BCUT2D eigenvalue weighted by atomic mass is 10.2. The number of benzene rings is 1. The number of aromatic nitrogens is 3. The van der Waals surface area contributed by atoms with Gasteiger partial charge in [-0.15, -0.1) is 0 Å². The highest BCUT2D eigenvalue weighted by molar-refractivity contribution is 6.08. The van der Waals surface area contributed by atoms with Crippen LogP contribution in [0.4, 0.5) is 18.9 Å². The number of hydrogen-bond acceptors (Lipinski definition) is 6. The van der Waals surface area contributed by atoms with Crippen molar-refractivity contribution < 1.29 is 31.9 Å². The quantitative estimate of drug-likeness (QED) is 0.528. The number of nitrogens with zero attached hydrogens (tertiary/aromatic N) is 3. The lowest BCUT2D eigenvalue weighted by Crippen LogP contribution is -2.17. The number of anilines is 1. The molecule has 31 heavy (non-hydrogen) atoms. The molecular formula is C20H13F3N4O4. The average molecular weight is 430 g/mol. The van der Waals surface area contributed by atoms with E-state index < -0.39 is 17.8 Å². The number of amides is 1. The van der Waals surface area contributed by atoms with Crippen molar-refractivity contribution in [2.45, 2.75) is 6.18 Å². The zero-order valence-corrected chi connectivity index (χ0v) is 15.6. The van der Waals surface area contributed by atoms with Gasteiger partial charge in [0.05, 0.1) is 12.5 Å². The molecule has 3 aromatic heterocycles. The second-order valence-electron chi connectivity index (χ2n) is 6.61. The number of ether oxygens (including phenoxy) is 2. The molecule has 8 nitrogen and oxygen atoms in total. The molecule has 0 fully saturated rings. The Hall–Kier alpha value is -4.02. The monoisotopic (exact) mass is 430 g/mol. The second-order valence-corrected chi connectivity index (χ2v) is 6.61. The van der Waals surface area contributed by atoms with Gasteiger partial charge in [-0.2, -0.15) is 18.3 Å². The van der Waals surface area contributed by atoms with Gasteiger partial charge in [0.15, 0.2) is 28.6 Å². The Morgan fingerprint density at radius 3 is 2.65 bits per heavy atom. The van der Waals surface area contributed by atoms with Gasteiger partial charge in [-0.3, -0.25) is 4.79 Å². The van der Waals surface area contributed by atoms with Crippen LogP contribution in [0, 0.1) is 0 Å².